The average Bonchev–Trinajstić information content (AvgIpc) is 3.09. The van der Waals surface area contributed by atoms with Crippen LogP contribution < -0.4 is 0 Å². The number of thiazole rings is 1. The fourth-order valence-electron chi connectivity index (χ4n) is 1.69. The third-order valence-electron chi connectivity index (χ3n) is 3.01. The van der Waals surface area contributed by atoms with Gasteiger partial charge in [-0.1, -0.05) is 20.8 Å². The van der Waals surface area contributed by atoms with E-state index in [-0.39, 0.29) is 5.41 Å². The minimum absolute atomic E-state index is 0.168. The van der Waals surface area contributed by atoms with Crippen LogP contribution in [0.2, 0.25) is 0 Å². The van der Waals surface area contributed by atoms with Crippen molar-refractivity contribution in [1.82, 2.24) is 15.0 Å². The zero-order valence-electron chi connectivity index (χ0n) is 11.4. The maximum absolute atomic E-state index is 4.62. The highest BCUT2D eigenvalue weighted by Crippen LogP contribution is 2.39. The number of hydrogen-bond acceptors (Lipinski definition) is 5. The molecule has 0 saturated heterocycles. The van der Waals surface area contributed by atoms with Gasteiger partial charge in [0.15, 0.2) is 4.34 Å². The molecule has 0 bridgehead atoms. The summed E-state index contributed by atoms with van der Waals surface area (Å²) in [6.45, 7) is 6.64. The fourth-order valence-corrected chi connectivity index (χ4v) is 3.64. The lowest BCUT2D eigenvalue weighted by atomic mass is 9.96. The molecule has 0 aromatic carbocycles. The number of rotatable bonds is 3. The molecule has 0 N–H and O–H groups in total. The molecule has 2 aromatic rings. The second-order valence-electron chi connectivity index (χ2n) is 5.87. The molecule has 3 nitrogen and oxygen atoms in total. The van der Waals surface area contributed by atoms with Gasteiger partial charge in [-0.2, -0.15) is 0 Å². The summed E-state index contributed by atoms with van der Waals surface area (Å²) in [5.41, 5.74) is 0.168. The topological polar surface area (TPSA) is 38.7 Å². The maximum Gasteiger partial charge on any atom is 0.156 e. The highest BCUT2D eigenvalue weighted by Gasteiger charge is 2.26. The van der Waals surface area contributed by atoms with Gasteiger partial charge in [0.2, 0.25) is 0 Å². The van der Waals surface area contributed by atoms with Crippen LogP contribution in [-0.4, -0.2) is 15.0 Å². The maximum atomic E-state index is 4.62. The molecule has 1 fully saturated rings. The normalized spacial score (nSPS) is 15.7. The first kappa shape index (κ1) is 13.1. The van der Waals surface area contributed by atoms with E-state index in [1.807, 2.05) is 18.5 Å². The number of hydrogen-bond donors (Lipinski definition) is 0. The monoisotopic (exact) mass is 291 g/mol. The van der Waals surface area contributed by atoms with Crippen molar-refractivity contribution in [1.29, 1.82) is 0 Å². The Morgan fingerprint density at radius 3 is 2.68 bits per heavy atom. The summed E-state index contributed by atoms with van der Waals surface area (Å²) in [7, 11) is 0. The molecule has 1 aliphatic rings. The van der Waals surface area contributed by atoms with Crippen molar-refractivity contribution in [2.24, 2.45) is 0 Å². The standard InChI is InChI=1S/C14H17N3S2/c1-14(2,3)10-8-16-13(18-10)19-11-6-7-15-12(17-11)9-4-5-9/h6-9H,4-5H2,1-3H3. The van der Waals surface area contributed by atoms with Gasteiger partial charge in [-0.15, -0.1) is 11.3 Å². The van der Waals surface area contributed by atoms with Crippen LogP contribution in [0.4, 0.5) is 0 Å². The third-order valence-corrected chi connectivity index (χ3v) is 5.44. The van der Waals surface area contributed by atoms with E-state index in [2.05, 4.69) is 35.7 Å². The fraction of sp³-hybridized carbons (Fsp3) is 0.500. The van der Waals surface area contributed by atoms with Gasteiger partial charge in [-0.3, -0.25) is 0 Å². The first-order valence-electron chi connectivity index (χ1n) is 6.49. The van der Waals surface area contributed by atoms with E-state index in [4.69, 9.17) is 0 Å². The first-order chi connectivity index (χ1) is 9.02. The van der Waals surface area contributed by atoms with Crippen LogP contribution in [0.3, 0.4) is 0 Å². The molecule has 3 rings (SSSR count). The SMILES string of the molecule is CC(C)(C)c1cnc(Sc2ccnc(C3CC3)n2)s1. The number of nitrogens with zero attached hydrogens (tertiary/aromatic N) is 3. The lowest BCUT2D eigenvalue weighted by Gasteiger charge is -2.14. The minimum atomic E-state index is 0.168. The van der Waals surface area contributed by atoms with Crippen molar-refractivity contribution in [3.8, 4) is 0 Å². The van der Waals surface area contributed by atoms with Crippen LogP contribution in [0, 0.1) is 0 Å². The molecule has 0 aliphatic heterocycles. The average molecular weight is 291 g/mol. The van der Waals surface area contributed by atoms with Gasteiger partial charge in [0, 0.05) is 23.2 Å². The molecule has 0 spiro atoms. The largest absolute Gasteiger partial charge is 0.241 e. The van der Waals surface area contributed by atoms with E-state index in [0.717, 1.165) is 15.2 Å². The molecule has 100 valence electrons. The van der Waals surface area contributed by atoms with Crippen molar-refractivity contribution < 1.29 is 0 Å². The summed E-state index contributed by atoms with van der Waals surface area (Å²) in [5.74, 6) is 1.60. The van der Waals surface area contributed by atoms with Crippen LogP contribution in [0.5, 0.6) is 0 Å². The van der Waals surface area contributed by atoms with Gasteiger partial charge in [-0.25, -0.2) is 15.0 Å². The Morgan fingerprint density at radius 2 is 2.05 bits per heavy atom. The first-order valence-corrected chi connectivity index (χ1v) is 8.13. The second-order valence-corrected chi connectivity index (χ2v) is 8.17. The van der Waals surface area contributed by atoms with Gasteiger partial charge in [0.25, 0.3) is 0 Å². The summed E-state index contributed by atoms with van der Waals surface area (Å²) in [4.78, 5) is 14.8. The Hall–Kier alpha value is -0.940. The zero-order chi connectivity index (χ0) is 13.5. The second kappa shape index (κ2) is 4.87. The van der Waals surface area contributed by atoms with E-state index in [1.54, 1.807) is 23.1 Å². The molecule has 5 heteroatoms. The molecule has 0 unspecified atom stereocenters. The van der Waals surface area contributed by atoms with Gasteiger partial charge >= 0.3 is 0 Å². The Balaban J connectivity index is 1.77. The summed E-state index contributed by atoms with van der Waals surface area (Å²) in [5, 5.41) is 1.01. The van der Waals surface area contributed by atoms with Gasteiger partial charge in [0.1, 0.15) is 10.9 Å². The molecule has 2 heterocycles. The smallest absolute Gasteiger partial charge is 0.156 e. The van der Waals surface area contributed by atoms with E-state index in [0.29, 0.717) is 5.92 Å². The van der Waals surface area contributed by atoms with E-state index < -0.39 is 0 Å². The third kappa shape index (κ3) is 3.15. The summed E-state index contributed by atoms with van der Waals surface area (Å²) >= 11 is 3.40. The van der Waals surface area contributed by atoms with Crippen molar-refractivity contribution in [2.45, 2.75) is 54.3 Å². The highest BCUT2D eigenvalue weighted by atomic mass is 32.2. The molecule has 0 amide bonds. The highest BCUT2D eigenvalue weighted by molar-refractivity contribution is 8.01. The molecule has 1 saturated carbocycles. The molecular formula is C14H17N3S2. The van der Waals surface area contributed by atoms with Crippen LogP contribution in [0.25, 0.3) is 0 Å². The van der Waals surface area contributed by atoms with Gasteiger partial charge < -0.3 is 0 Å². The minimum Gasteiger partial charge on any atom is -0.241 e. The Morgan fingerprint density at radius 1 is 1.26 bits per heavy atom. The van der Waals surface area contributed by atoms with Crippen LogP contribution in [-0.2, 0) is 5.41 Å². The summed E-state index contributed by atoms with van der Waals surface area (Å²) < 4.78 is 1.06. The van der Waals surface area contributed by atoms with E-state index >= 15 is 0 Å². The van der Waals surface area contributed by atoms with Crippen molar-refractivity contribution in [3.63, 3.8) is 0 Å². The lowest BCUT2D eigenvalue weighted by Crippen LogP contribution is -2.07. The quantitative estimate of drug-likeness (QED) is 0.792. The van der Waals surface area contributed by atoms with Crippen molar-refractivity contribution in [3.05, 3.63) is 29.2 Å². The lowest BCUT2D eigenvalue weighted by molar-refractivity contribution is 0.602. The van der Waals surface area contributed by atoms with E-state index in [9.17, 15) is 0 Å². The summed E-state index contributed by atoms with van der Waals surface area (Å²) in [6, 6.07) is 1.97. The number of aromatic nitrogens is 3. The van der Waals surface area contributed by atoms with E-state index in [1.165, 1.54) is 17.7 Å². The molecule has 1 aliphatic carbocycles. The molecule has 19 heavy (non-hydrogen) atoms. The van der Waals surface area contributed by atoms with Crippen LogP contribution in [0.1, 0.15) is 50.2 Å². The summed E-state index contributed by atoms with van der Waals surface area (Å²) in [6.07, 6.45) is 6.32. The van der Waals surface area contributed by atoms with Crippen LogP contribution >= 0.6 is 23.1 Å². The molecule has 0 atom stereocenters. The van der Waals surface area contributed by atoms with Crippen molar-refractivity contribution in [2.75, 3.05) is 0 Å². The predicted molar refractivity (Wildman–Crippen MR) is 78.9 cm³/mol. The van der Waals surface area contributed by atoms with Gasteiger partial charge in [-0.05, 0) is 36.1 Å². The zero-order valence-corrected chi connectivity index (χ0v) is 13.0. The predicted octanol–water partition coefficient (Wildman–Crippen LogP) is 4.26. The Labute approximate surface area is 121 Å². The van der Waals surface area contributed by atoms with Gasteiger partial charge in [0.05, 0.1) is 0 Å². The van der Waals surface area contributed by atoms with Crippen molar-refractivity contribution >= 4 is 23.1 Å². The van der Waals surface area contributed by atoms with Crippen LogP contribution in [0.15, 0.2) is 27.8 Å². The molecule has 2 aromatic heterocycles. The Bertz CT molecular complexity index is 582. The molecular weight excluding hydrogens is 274 g/mol. The molecule has 0 radical (unpaired) electrons. The Kier molecular flexibility index (Phi) is 3.35.